The maximum absolute atomic E-state index is 5.76. The summed E-state index contributed by atoms with van der Waals surface area (Å²) < 4.78 is 5.76. The van der Waals surface area contributed by atoms with Gasteiger partial charge in [-0.15, -0.1) is 0 Å². The third-order valence-corrected chi connectivity index (χ3v) is 3.81. The van der Waals surface area contributed by atoms with Gasteiger partial charge in [0.1, 0.15) is 0 Å². The third kappa shape index (κ3) is 4.12. The van der Waals surface area contributed by atoms with Gasteiger partial charge in [-0.05, 0) is 25.5 Å². The molecule has 2 aromatic heterocycles. The van der Waals surface area contributed by atoms with Crippen LogP contribution < -0.4 is 0 Å². The van der Waals surface area contributed by atoms with Gasteiger partial charge in [-0.1, -0.05) is 6.07 Å². The molecule has 0 amide bonds. The Balaban J connectivity index is 1.62. The molecule has 1 fully saturated rings. The quantitative estimate of drug-likeness (QED) is 0.931. The van der Waals surface area contributed by atoms with Crippen molar-refractivity contribution in [2.75, 3.05) is 26.3 Å². The van der Waals surface area contributed by atoms with E-state index in [9.17, 15) is 0 Å². The number of H-pyrrole nitrogens is 1. The zero-order valence-electron chi connectivity index (χ0n) is 12.5. The number of aromatic nitrogens is 3. The van der Waals surface area contributed by atoms with Crippen molar-refractivity contribution in [2.45, 2.75) is 19.9 Å². The average Bonchev–Trinajstić information content (AvgIpc) is 2.86. The van der Waals surface area contributed by atoms with Crippen molar-refractivity contribution in [3.63, 3.8) is 0 Å². The summed E-state index contributed by atoms with van der Waals surface area (Å²) in [7, 11) is 0. The van der Waals surface area contributed by atoms with Gasteiger partial charge in [0.15, 0.2) is 0 Å². The van der Waals surface area contributed by atoms with Crippen LogP contribution in [0, 0.1) is 12.8 Å². The highest BCUT2D eigenvalue weighted by Gasteiger charge is 2.20. The van der Waals surface area contributed by atoms with E-state index < -0.39 is 0 Å². The fourth-order valence-corrected chi connectivity index (χ4v) is 2.84. The van der Waals surface area contributed by atoms with Crippen LogP contribution in [0.5, 0.6) is 0 Å². The van der Waals surface area contributed by atoms with Gasteiger partial charge >= 0.3 is 0 Å². The Bertz CT molecular complexity index is 555. The molecule has 112 valence electrons. The second kappa shape index (κ2) is 6.83. The summed E-state index contributed by atoms with van der Waals surface area (Å²) in [5, 5.41) is 0. The number of rotatable bonds is 4. The minimum absolute atomic E-state index is 0.490. The minimum atomic E-state index is 0.490. The molecule has 1 saturated heterocycles. The first-order chi connectivity index (χ1) is 10.3. The predicted molar refractivity (Wildman–Crippen MR) is 80.9 cm³/mol. The molecule has 2 aromatic rings. The highest BCUT2D eigenvalue weighted by molar-refractivity contribution is 5.10. The highest BCUT2D eigenvalue weighted by atomic mass is 16.5. The van der Waals surface area contributed by atoms with Crippen LogP contribution in [0.15, 0.2) is 30.7 Å². The molecule has 3 rings (SSSR count). The molecule has 21 heavy (non-hydrogen) atoms. The van der Waals surface area contributed by atoms with E-state index in [-0.39, 0.29) is 0 Å². The zero-order valence-corrected chi connectivity index (χ0v) is 12.5. The van der Waals surface area contributed by atoms with Crippen molar-refractivity contribution >= 4 is 0 Å². The van der Waals surface area contributed by atoms with Crippen molar-refractivity contribution in [3.8, 4) is 0 Å². The summed E-state index contributed by atoms with van der Waals surface area (Å²) in [6.45, 7) is 6.56. The monoisotopic (exact) mass is 286 g/mol. The number of nitrogens with zero attached hydrogens (tertiary/aromatic N) is 3. The summed E-state index contributed by atoms with van der Waals surface area (Å²) in [5.41, 5.74) is 3.40. The van der Waals surface area contributed by atoms with E-state index in [2.05, 4.69) is 32.0 Å². The van der Waals surface area contributed by atoms with Gasteiger partial charge < -0.3 is 9.72 Å². The van der Waals surface area contributed by atoms with Crippen LogP contribution in [-0.2, 0) is 17.7 Å². The molecule has 0 aliphatic carbocycles. The predicted octanol–water partition coefficient (Wildman–Crippen LogP) is 1.80. The molecule has 0 aromatic carbocycles. The van der Waals surface area contributed by atoms with Crippen LogP contribution in [-0.4, -0.2) is 46.2 Å². The number of hydrogen-bond acceptors (Lipinski definition) is 4. The molecule has 1 N–H and O–H groups in total. The maximum Gasteiger partial charge on any atom is 0.0922 e. The van der Waals surface area contributed by atoms with E-state index in [1.54, 1.807) is 6.33 Å². The number of nitrogens with one attached hydrogen (secondary N) is 1. The van der Waals surface area contributed by atoms with Crippen molar-refractivity contribution in [3.05, 3.63) is 47.8 Å². The Morgan fingerprint density at radius 1 is 1.43 bits per heavy atom. The maximum atomic E-state index is 5.76. The van der Waals surface area contributed by atoms with Gasteiger partial charge in [0.25, 0.3) is 0 Å². The Kier molecular flexibility index (Phi) is 4.62. The first-order valence-electron chi connectivity index (χ1n) is 7.49. The van der Waals surface area contributed by atoms with Gasteiger partial charge in [-0.3, -0.25) is 9.88 Å². The van der Waals surface area contributed by atoms with Gasteiger partial charge in [0.05, 0.1) is 19.5 Å². The largest absolute Gasteiger partial charge is 0.380 e. The molecule has 0 radical (unpaired) electrons. The fourth-order valence-electron chi connectivity index (χ4n) is 2.84. The molecule has 1 unspecified atom stereocenters. The molecule has 0 bridgehead atoms. The number of aromatic amines is 1. The highest BCUT2D eigenvalue weighted by Crippen LogP contribution is 2.14. The molecular formula is C16H22N4O. The van der Waals surface area contributed by atoms with E-state index in [0.717, 1.165) is 56.4 Å². The summed E-state index contributed by atoms with van der Waals surface area (Å²) in [6, 6.07) is 6.23. The average molecular weight is 286 g/mol. The Morgan fingerprint density at radius 3 is 3.19 bits per heavy atom. The van der Waals surface area contributed by atoms with E-state index in [1.165, 1.54) is 0 Å². The standard InChI is InChI=1S/C16H22N4O/c1-13-3-2-4-15(19-13)7-14-9-20(5-6-21-11-14)10-16-8-17-12-18-16/h2-4,8,12,14H,5-7,9-11H2,1H3,(H,17,18). The summed E-state index contributed by atoms with van der Waals surface area (Å²) >= 11 is 0. The third-order valence-electron chi connectivity index (χ3n) is 3.81. The second-order valence-electron chi connectivity index (χ2n) is 5.73. The van der Waals surface area contributed by atoms with E-state index in [4.69, 9.17) is 4.74 Å². The van der Waals surface area contributed by atoms with Crippen LogP contribution in [0.4, 0.5) is 0 Å². The zero-order chi connectivity index (χ0) is 14.5. The van der Waals surface area contributed by atoms with Gasteiger partial charge in [-0.25, -0.2) is 4.98 Å². The van der Waals surface area contributed by atoms with Crippen LogP contribution in [0.1, 0.15) is 17.1 Å². The van der Waals surface area contributed by atoms with Gasteiger partial charge in [-0.2, -0.15) is 0 Å². The lowest BCUT2D eigenvalue weighted by Crippen LogP contribution is -2.30. The first kappa shape index (κ1) is 14.2. The lowest BCUT2D eigenvalue weighted by atomic mass is 10.0. The van der Waals surface area contributed by atoms with Crippen molar-refractivity contribution < 1.29 is 4.74 Å². The number of hydrogen-bond donors (Lipinski definition) is 1. The molecule has 1 atom stereocenters. The van der Waals surface area contributed by atoms with Gasteiger partial charge in [0.2, 0.25) is 0 Å². The number of ether oxygens (including phenoxy) is 1. The Labute approximate surface area is 125 Å². The second-order valence-corrected chi connectivity index (χ2v) is 5.73. The lowest BCUT2D eigenvalue weighted by Gasteiger charge is -2.22. The van der Waals surface area contributed by atoms with E-state index in [1.807, 2.05) is 19.2 Å². The Morgan fingerprint density at radius 2 is 2.38 bits per heavy atom. The molecular weight excluding hydrogens is 264 g/mol. The topological polar surface area (TPSA) is 54.0 Å². The van der Waals surface area contributed by atoms with Crippen molar-refractivity contribution in [1.29, 1.82) is 0 Å². The smallest absolute Gasteiger partial charge is 0.0922 e. The molecule has 5 heteroatoms. The summed E-state index contributed by atoms with van der Waals surface area (Å²) in [6.07, 6.45) is 4.60. The SMILES string of the molecule is Cc1cccc(CC2COCCN(Cc3cnc[nH]3)C2)n1. The Hall–Kier alpha value is -1.72. The molecule has 1 aliphatic rings. The van der Waals surface area contributed by atoms with Crippen LogP contribution >= 0.6 is 0 Å². The molecule has 1 aliphatic heterocycles. The number of pyridine rings is 1. The van der Waals surface area contributed by atoms with Crippen molar-refractivity contribution in [1.82, 2.24) is 19.9 Å². The fraction of sp³-hybridized carbons (Fsp3) is 0.500. The summed E-state index contributed by atoms with van der Waals surface area (Å²) in [4.78, 5) is 14.3. The first-order valence-corrected chi connectivity index (χ1v) is 7.49. The van der Waals surface area contributed by atoms with Gasteiger partial charge in [0, 0.05) is 48.8 Å². The molecule has 0 saturated carbocycles. The molecule has 3 heterocycles. The lowest BCUT2D eigenvalue weighted by molar-refractivity contribution is 0.121. The molecule has 5 nitrogen and oxygen atoms in total. The van der Waals surface area contributed by atoms with E-state index >= 15 is 0 Å². The number of aryl methyl sites for hydroxylation is 1. The van der Waals surface area contributed by atoms with Crippen molar-refractivity contribution in [2.24, 2.45) is 5.92 Å². The van der Waals surface area contributed by atoms with Crippen LogP contribution in [0.25, 0.3) is 0 Å². The molecule has 0 spiro atoms. The van der Waals surface area contributed by atoms with Crippen LogP contribution in [0.3, 0.4) is 0 Å². The van der Waals surface area contributed by atoms with E-state index in [0.29, 0.717) is 5.92 Å². The number of imidazole rings is 1. The normalized spacial score (nSPS) is 20.3. The summed E-state index contributed by atoms with van der Waals surface area (Å²) in [5.74, 6) is 0.490. The minimum Gasteiger partial charge on any atom is -0.380 e. The van der Waals surface area contributed by atoms with Crippen LogP contribution in [0.2, 0.25) is 0 Å².